The molecule has 2 aromatic carbocycles. The zero-order valence-electron chi connectivity index (χ0n) is 45.4. The number of carbonyl (C=O) groups excluding carboxylic acids is 4. The van der Waals surface area contributed by atoms with Crippen molar-refractivity contribution >= 4 is 59.3 Å². The van der Waals surface area contributed by atoms with Crippen LogP contribution < -0.4 is 31.9 Å². The number of hydrogen-bond acceptors (Lipinski definition) is 23. The standard InChI is InChI=1S/C54H75N11O15S/c66-38-79-36-44-34-58-48(33-51(70)71)49(59-45(35-57-44)37-80-39-67)32-40-6-10-43(11-7-40)61-54(81)56-17-19-73-21-23-75-25-27-77-29-31-78-30-28-76-26-24-74-22-20-72-18-3-4-46(68)14-15-50(69)60-42-12-8-41(9-13-42)52-62-64-53(65-63-52)47-5-1-2-16-55-47/h1-2,5-13,16,38-39,44-45,48-49,57-59H,3-4,14-15,17-37H2,(H,60,69)(H,70,71)(H2,56,61,81). The van der Waals surface area contributed by atoms with Gasteiger partial charge >= 0.3 is 5.97 Å². The first-order chi connectivity index (χ1) is 39.7. The molecule has 1 fully saturated rings. The molecule has 0 saturated carbocycles. The molecule has 7 N–H and O–H groups in total. The van der Waals surface area contributed by atoms with Gasteiger partial charge < -0.3 is 79.6 Å². The fourth-order valence-electron chi connectivity index (χ4n) is 7.86. The molecule has 1 aliphatic rings. The lowest BCUT2D eigenvalue weighted by Crippen LogP contribution is -2.54. The molecule has 0 aliphatic carbocycles. The number of carbonyl (C=O) groups is 5. The lowest BCUT2D eigenvalue weighted by Gasteiger charge is -2.30. The van der Waals surface area contributed by atoms with Crippen molar-refractivity contribution in [3.63, 3.8) is 0 Å². The molecular weight excluding hydrogens is 1070 g/mol. The average molecular weight is 1150 g/mol. The number of Topliss-reactive ketones (excluding diaryl/α,β-unsaturated/α-hetero) is 1. The number of ketones is 1. The van der Waals surface area contributed by atoms with Gasteiger partial charge in [-0.15, -0.1) is 20.4 Å². The van der Waals surface area contributed by atoms with Gasteiger partial charge in [0.05, 0.1) is 104 Å². The molecule has 0 bridgehead atoms. The predicted octanol–water partition coefficient (Wildman–Crippen LogP) is 1.79. The van der Waals surface area contributed by atoms with Crippen LogP contribution >= 0.6 is 12.2 Å². The maximum Gasteiger partial charge on any atom is 0.304 e. The molecule has 4 aromatic rings. The number of nitrogens with zero attached hydrogens (tertiary/aromatic N) is 5. The summed E-state index contributed by atoms with van der Waals surface area (Å²) in [5, 5.41) is 45.7. The monoisotopic (exact) mass is 1150 g/mol. The highest BCUT2D eigenvalue weighted by atomic mass is 32.1. The summed E-state index contributed by atoms with van der Waals surface area (Å²) in [7, 11) is 0. The number of pyridine rings is 1. The van der Waals surface area contributed by atoms with E-state index in [4.69, 9.17) is 54.8 Å². The third kappa shape index (κ3) is 28.6. The molecule has 4 unspecified atom stereocenters. The highest BCUT2D eigenvalue weighted by Crippen LogP contribution is 2.19. The first-order valence-corrected chi connectivity index (χ1v) is 27.2. The number of nitrogens with one attached hydrogen (secondary N) is 6. The van der Waals surface area contributed by atoms with Gasteiger partial charge in [-0.25, -0.2) is 0 Å². The molecule has 26 nitrogen and oxygen atoms in total. The van der Waals surface area contributed by atoms with E-state index in [1.54, 1.807) is 42.6 Å². The third-order valence-corrected chi connectivity index (χ3v) is 12.2. The number of anilines is 2. The molecule has 4 atom stereocenters. The van der Waals surface area contributed by atoms with Crippen molar-refractivity contribution in [2.24, 2.45) is 0 Å². The van der Waals surface area contributed by atoms with E-state index >= 15 is 0 Å². The Hall–Kier alpha value is -6.63. The summed E-state index contributed by atoms with van der Waals surface area (Å²) in [6.07, 6.45) is 3.08. The van der Waals surface area contributed by atoms with Crippen LogP contribution in [-0.4, -0.2) is 216 Å². The number of carboxylic acid groups (broad SMARTS) is 1. The smallest absolute Gasteiger partial charge is 0.304 e. The summed E-state index contributed by atoms with van der Waals surface area (Å²) in [6.45, 7) is 8.03. The summed E-state index contributed by atoms with van der Waals surface area (Å²) in [5.41, 5.74) is 3.56. The van der Waals surface area contributed by atoms with Gasteiger partial charge in [0.15, 0.2) is 5.11 Å². The van der Waals surface area contributed by atoms with E-state index in [1.165, 1.54) is 0 Å². The van der Waals surface area contributed by atoms with E-state index in [-0.39, 0.29) is 62.3 Å². The van der Waals surface area contributed by atoms with E-state index in [9.17, 15) is 29.1 Å². The van der Waals surface area contributed by atoms with Gasteiger partial charge in [-0.05, 0) is 79.2 Å². The Labute approximate surface area is 476 Å². The molecule has 5 rings (SSSR count). The lowest BCUT2D eigenvalue weighted by atomic mass is 9.95. The summed E-state index contributed by atoms with van der Waals surface area (Å²) >= 11 is 5.45. The van der Waals surface area contributed by atoms with Crippen molar-refractivity contribution in [3.8, 4) is 22.9 Å². The van der Waals surface area contributed by atoms with E-state index in [1.807, 2.05) is 30.3 Å². The fourth-order valence-corrected chi connectivity index (χ4v) is 8.08. The zero-order chi connectivity index (χ0) is 57.4. The molecule has 81 heavy (non-hydrogen) atoms. The van der Waals surface area contributed by atoms with E-state index in [0.29, 0.717) is 178 Å². The Morgan fingerprint density at radius 2 is 1.15 bits per heavy atom. The number of carboxylic acids is 1. The van der Waals surface area contributed by atoms with Crippen molar-refractivity contribution in [2.75, 3.05) is 136 Å². The minimum Gasteiger partial charge on any atom is -0.481 e. The number of thiocarbonyl (C=S) groups is 1. The minimum atomic E-state index is -0.967. The second-order valence-corrected chi connectivity index (χ2v) is 18.6. The van der Waals surface area contributed by atoms with E-state index < -0.39 is 12.0 Å². The Morgan fingerprint density at radius 1 is 0.605 bits per heavy atom. The van der Waals surface area contributed by atoms with Crippen LogP contribution in [-0.2, 0) is 73.0 Å². The maximum atomic E-state index is 12.4. The molecule has 3 heterocycles. The number of rotatable bonds is 42. The second-order valence-electron chi connectivity index (χ2n) is 18.1. The van der Waals surface area contributed by atoms with Crippen LogP contribution in [0.4, 0.5) is 11.4 Å². The van der Waals surface area contributed by atoms with Gasteiger partial charge in [0, 0.05) is 80.7 Å². The Kier molecular flexibility index (Phi) is 32.6. The molecule has 2 aromatic heterocycles. The molecular formula is C54H75N11O15S. The van der Waals surface area contributed by atoms with Gasteiger partial charge in [-0.1, -0.05) is 18.2 Å². The summed E-state index contributed by atoms with van der Waals surface area (Å²) < 4.78 is 48.9. The van der Waals surface area contributed by atoms with Crippen LogP contribution in [0, 0.1) is 0 Å². The first-order valence-electron chi connectivity index (χ1n) is 26.8. The average Bonchev–Trinajstić information content (AvgIpc) is 3.55. The molecule has 442 valence electrons. The quantitative estimate of drug-likeness (QED) is 0.0189. The normalized spacial score (nSPS) is 16.2. The van der Waals surface area contributed by atoms with Crippen molar-refractivity contribution in [1.82, 2.24) is 46.6 Å². The van der Waals surface area contributed by atoms with Gasteiger partial charge in [0.1, 0.15) is 24.7 Å². The maximum absolute atomic E-state index is 12.4. The number of amides is 1. The van der Waals surface area contributed by atoms with Gasteiger partial charge in [0.2, 0.25) is 17.6 Å². The van der Waals surface area contributed by atoms with Crippen molar-refractivity contribution in [3.05, 3.63) is 78.5 Å². The summed E-state index contributed by atoms with van der Waals surface area (Å²) in [4.78, 5) is 62.6. The van der Waals surface area contributed by atoms with Gasteiger partial charge in [-0.3, -0.25) is 29.0 Å². The van der Waals surface area contributed by atoms with Crippen LogP contribution in [0.1, 0.15) is 37.7 Å². The highest BCUT2D eigenvalue weighted by Gasteiger charge is 2.30. The topological polar surface area (TPSA) is 325 Å². The number of aromatic nitrogens is 5. The first kappa shape index (κ1) is 65.2. The third-order valence-electron chi connectivity index (χ3n) is 11.9. The molecule has 27 heteroatoms. The Bertz CT molecular complexity index is 2410. The molecule has 1 aliphatic heterocycles. The van der Waals surface area contributed by atoms with Crippen LogP contribution in [0.2, 0.25) is 0 Å². The van der Waals surface area contributed by atoms with E-state index in [0.717, 1.165) is 11.3 Å². The highest BCUT2D eigenvalue weighted by molar-refractivity contribution is 7.80. The van der Waals surface area contributed by atoms with Crippen molar-refractivity contribution in [1.29, 1.82) is 0 Å². The largest absolute Gasteiger partial charge is 0.481 e. The predicted molar refractivity (Wildman–Crippen MR) is 299 cm³/mol. The second kappa shape index (κ2) is 40.5. The molecule has 1 amide bonds. The number of ether oxygens (including phenoxy) is 9. The van der Waals surface area contributed by atoms with Gasteiger partial charge in [0.25, 0.3) is 12.9 Å². The molecule has 1 saturated heterocycles. The number of hydrogen-bond donors (Lipinski definition) is 7. The zero-order valence-corrected chi connectivity index (χ0v) is 46.2. The van der Waals surface area contributed by atoms with Crippen LogP contribution in [0.3, 0.4) is 0 Å². The van der Waals surface area contributed by atoms with Crippen LogP contribution in [0.15, 0.2) is 72.9 Å². The lowest BCUT2D eigenvalue weighted by molar-refractivity contribution is -0.137. The minimum absolute atomic E-state index is 0.00388. The number of benzene rings is 2. The van der Waals surface area contributed by atoms with Crippen LogP contribution in [0.5, 0.6) is 0 Å². The van der Waals surface area contributed by atoms with Crippen molar-refractivity contribution < 1.29 is 71.7 Å². The fraction of sp³-hybridized carbons (Fsp3) is 0.537. The molecule has 0 radical (unpaired) electrons. The van der Waals surface area contributed by atoms with E-state index in [2.05, 4.69) is 57.3 Å². The van der Waals surface area contributed by atoms with Gasteiger partial charge in [-0.2, -0.15) is 0 Å². The molecule has 0 spiro atoms. The van der Waals surface area contributed by atoms with Crippen LogP contribution in [0.25, 0.3) is 22.9 Å². The van der Waals surface area contributed by atoms with Crippen molar-refractivity contribution in [2.45, 2.75) is 62.7 Å². The number of aliphatic carboxylic acids is 1. The SMILES string of the molecule is O=COCC1CNC(CC(=O)O)C(Cc2ccc(NC(=S)NCCOCCOCCOCCOCCOCCOCCOCCCC(=O)CCC(=O)Nc3ccc(-c4nnc(-c5ccccn5)nn4)cc3)cc2)NC(COC=O)CN1. The summed E-state index contributed by atoms with van der Waals surface area (Å²) in [6, 6.07) is 18.6. The summed E-state index contributed by atoms with van der Waals surface area (Å²) in [5.74, 6) is -0.560. The Morgan fingerprint density at radius 3 is 1.73 bits per heavy atom. The Balaban J connectivity index is 0.757.